The van der Waals surface area contributed by atoms with Crippen LogP contribution in [0.3, 0.4) is 0 Å². The molecule has 156 valence electrons. The number of fused-ring (bicyclic) bond motifs is 2. The molecule has 2 aromatic carbocycles. The summed E-state index contributed by atoms with van der Waals surface area (Å²) < 4.78 is 38.3. The van der Waals surface area contributed by atoms with Crippen molar-refractivity contribution in [2.45, 2.75) is 17.9 Å². The zero-order valence-corrected chi connectivity index (χ0v) is 17.7. The second-order valence-corrected chi connectivity index (χ2v) is 9.30. The molecule has 3 heterocycles. The maximum atomic E-state index is 12.7. The summed E-state index contributed by atoms with van der Waals surface area (Å²) in [5.41, 5.74) is 1.58. The molecular formula is C20H15N5O4S2. The van der Waals surface area contributed by atoms with Gasteiger partial charge in [0, 0.05) is 35.4 Å². The molecule has 0 saturated carbocycles. The lowest BCUT2D eigenvalue weighted by Crippen LogP contribution is -2.19. The quantitative estimate of drug-likeness (QED) is 0.433. The van der Waals surface area contributed by atoms with E-state index in [1.807, 2.05) is 31.2 Å². The molecule has 3 aromatic heterocycles. The molecular weight excluding hydrogens is 438 g/mol. The molecule has 1 N–H and O–H groups in total. The first kappa shape index (κ1) is 19.4. The molecule has 11 heteroatoms. The van der Waals surface area contributed by atoms with E-state index >= 15 is 0 Å². The van der Waals surface area contributed by atoms with Gasteiger partial charge < -0.3 is 4.42 Å². The fourth-order valence-electron chi connectivity index (χ4n) is 3.58. The Labute approximate surface area is 180 Å². The highest BCUT2D eigenvalue weighted by Crippen LogP contribution is 2.29. The van der Waals surface area contributed by atoms with Crippen molar-refractivity contribution in [1.82, 2.24) is 18.9 Å². The van der Waals surface area contributed by atoms with Gasteiger partial charge in [0.2, 0.25) is 5.13 Å². The van der Waals surface area contributed by atoms with Crippen molar-refractivity contribution in [2.24, 2.45) is 0 Å². The van der Waals surface area contributed by atoms with Crippen LogP contribution in [0.15, 0.2) is 75.3 Å². The lowest BCUT2D eigenvalue weighted by molar-refractivity contribution is 0.490. The van der Waals surface area contributed by atoms with Crippen LogP contribution in [0.5, 0.6) is 0 Å². The minimum absolute atomic E-state index is 0.0434. The van der Waals surface area contributed by atoms with Crippen molar-refractivity contribution >= 4 is 48.6 Å². The number of nitrogens with one attached hydrogen (secondary N) is 1. The van der Waals surface area contributed by atoms with Crippen LogP contribution in [0, 0.1) is 0 Å². The van der Waals surface area contributed by atoms with E-state index in [9.17, 15) is 13.2 Å². The number of rotatable bonds is 5. The standard InChI is InChI=1S/C20H15N5O4S2/c1-12(15-4-2-3-13-7-8-21-10-16(13)15)25-17-6-5-14(9-18(17)29-20(25)26)31(27,28)24-19-22-11-23-30-19/h2-12H,1H3,(H,22,23,24). The second-order valence-electron chi connectivity index (χ2n) is 6.84. The van der Waals surface area contributed by atoms with Gasteiger partial charge in [-0.05, 0) is 36.1 Å². The summed E-state index contributed by atoms with van der Waals surface area (Å²) in [6.45, 7) is 1.89. The number of pyridine rings is 1. The molecule has 1 atom stereocenters. The summed E-state index contributed by atoms with van der Waals surface area (Å²) >= 11 is 0.923. The van der Waals surface area contributed by atoms with Gasteiger partial charge in [-0.15, -0.1) is 0 Å². The van der Waals surface area contributed by atoms with Gasteiger partial charge in [0.1, 0.15) is 6.33 Å². The molecule has 1 unspecified atom stereocenters. The summed E-state index contributed by atoms with van der Waals surface area (Å²) in [6, 6.07) is 11.7. The molecule has 0 spiro atoms. The Morgan fingerprint density at radius 1 is 1.19 bits per heavy atom. The van der Waals surface area contributed by atoms with Crippen LogP contribution in [-0.4, -0.2) is 27.3 Å². The van der Waals surface area contributed by atoms with Gasteiger partial charge in [-0.25, -0.2) is 18.2 Å². The lowest BCUT2D eigenvalue weighted by atomic mass is 10.0. The highest BCUT2D eigenvalue weighted by molar-refractivity contribution is 7.93. The molecule has 0 fully saturated rings. The first-order valence-corrected chi connectivity index (χ1v) is 11.5. The van der Waals surface area contributed by atoms with Crippen LogP contribution < -0.4 is 10.5 Å². The van der Waals surface area contributed by atoms with Crippen LogP contribution >= 0.6 is 11.5 Å². The molecule has 0 saturated heterocycles. The topological polar surface area (TPSA) is 120 Å². The maximum absolute atomic E-state index is 12.7. The summed E-state index contributed by atoms with van der Waals surface area (Å²) in [4.78, 5) is 20.7. The average Bonchev–Trinajstić information content (AvgIpc) is 3.38. The maximum Gasteiger partial charge on any atom is 0.420 e. The van der Waals surface area contributed by atoms with E-state index < -0.39 is 15.8 Å². The Kier molecular flexibility index (Phi) is 4.56. The number of anilines is 1. The number of hydrogen-bond donors (Lipinski definition) is 1. The summed E-state index contributed by atoms with van der Waals surface area (Å²) in [7, 11) is -3.90. The molecule has 31 heavy (non-hydrogen) atoms. The van der Waals surface area contributed by atoms with E-state index in [1.165, 1.54) is 23.0 Å². The molecule has 9 nitrogen and oxygen atoms in total. The highest BCUT2D eigenvalue weighted by atomic mass is 32.2. The summed E-state index contributed by atoms with van der Waals surface area (Å²) in [5.74, 6) is -0.574. The van der Waals surface area contributed by atoms with Crippen LogP contribution in [0.4, 0.5) is 5.13 Å². The average molecular weight is 454 g/mol. The molecule has 0 aliphatic rings. The minimum Gasteiger partial charge on any atom is -0.408 e. The van der Waals surface area contributed by atoms with Crippen LogP contribution in [-0.2, 0) is 10.0 Å². The zero-order valence-electron chi connectivity index (χ0n) is 16.1. The molecule has 0 aliphatic carbocycles. The van der Waals surface area contributed by atoms with E-state index in [-0.39, 0.29) is 21.7 Å². The van der Waals surface area contributed by atoms with Gasteiger partial charge in [-0.1, -0.05) is 18.2 Å². The fourth-order valence-corrected chi connectivity index (χ4v) is 5.26. The third-order valence-electron chi connectivity index (χ3n) is 5.03. The zero-order chi connectivity index (χ0) is 21.6. The molecule has 0 bridgehead atoms. The Hall–Kier alpha value is -3.57. The highest BCUT2D eigenvalue weighted by Gasteiger charge is 2.22. The lowest BCUT2D eigenvalue weighted by Gasteiger charge is -2.15. The number of aromatic nitrogens is 4. The number of benzene rings is 2. The van der Waals surface area contributed by atoms with Crippen molar-refractivity contribution in [3.8, 4) is 0 Å². The molecule has 5 aromatic rings. The smallest absolute Gasteiger partial charge is 0.408 e. The molecule has 0 aliphatic heterocycles. The van der Waals surface area contributed by atoms with E-state index in [0.717, 1.165) is 27.9 Å². The van der Waals surface area contributed by atoms with E-state index in [0.29, 0.717) is 5.52 Å². The SMILES string of the molecule is CC(c1cccc2ccncc12)n1c(=O)oc2cc(S(=O)(=O)Nc3ncns3)ccc21. The Morgan fingerprint density at radius 2 is 2.06 bits per heavy atom. The molecule has 5 rings (SSSR count). The normalized spacial score (nSPS) is 12.9. The van der Waals surface area contributed by atoms with Gasteiger partial charge in [0.25, 0.3) is 10.0 Å². The molecule has 0 radical (unpaired) electrons. The van der Waals surface area contributed by atoms with Gasteiger partial charge >= 0.3 is 5.76 Å². The van der Waals surface area contributed by atoms with Gasteiger partial charge in [-0.3, -0.25) is 14.3 Å². The van der Waals surface area contributed by atoms with Gasteiger partial charge in [0.05, 0.1) is 16.5 Å². The van der Waals surface area contributed by atoms with Crippen LogP contribution in [0.25, 0.3) is 21.9 Å². The first-order valence-electron chi connectivity index (χ1n) is 9.21. The third kappa shape index (κ3) is 3.37. The minimum atomic E-state index is -3.90. The van der Waals surface area contributed by atoms with E-state index in [1.54, 1.807) is 18.5 Å². The number of hydrogen-bond acceptors (Lipinski definition) is 8. The fraction of sp³-hybridized carbons (Fsp3) is 0.100. The number of sulfonamides is 1. The summed E-state index contributed by atoms with van der Waals surface area (Å²) in [6.07, 6.45) is 4.74. The van der Waals surface area contributed by atoms with Crippen molar-refractivity contribution in [2.75, 3.05) is 4.72 Å². The van der Waals surface area contributed by atoms with E-state index in [2.05, 4.69) is 19.1 Å². The third-order valence-corrected chi connectivity index (χ3v) is 7.08. The summed E-state index contributed by atoms with van der Waals surface area (Å²) in [5, 5.41) is 2.09. The molecule has 0 amide bonds. The van der Waals surface area contributed by atoms with Crippen molar-refractivity contribution < 1.29 is 12.8 Å². The second kappa shape index (κ2) is 7.29. The first-order chi connectivity index (χ1) is 14.9. The Morgan fingerprint density at radius 3 is 2.87 bits per heavy atom. The number of nitrogens with zero attached hydrogens (tertiary/aromatic N) is 4. The predicted octanol–water partition coefficient (Wildman–Crippen LogP) is 3.40. The van der Waals surface area contributed by atoms with Crippen LogP contribution in [0.2, 0.25) is 0 Å². The van der Waals surface area contributed by atoms with Gasteiger partial charge in [0.15, 0.2) is 5.58 Å². The largest absolute Gasteiger partial charge is 0.420 e. The van der Waals surface area contributed by atoms with Crippen molar-refractivity contribution in [3.05, 3.63) is 77.3 Å². The van der Waals surface area contributed by atoms with Crippen LogP contribution in [0.1, 0.15) is 18.5 Å². The predicted molar refractivity (Wildman–Crippen MR) is 117 cm³/mol. The van der Waals surface area contributed by atoms with Crippen molar-refractivity contribution in [3.63, 3.8) is 0 Å². The number of oxazole rings is 1. The van der Waals surface area contributed by atoms with Gasteiger partial charge in [-0.2, -0.15) is 4.37 Å². The van der Waals surface area contributed by atoms with Crippen molar-refractivity contribution in [1.29, 1.82) is 0 Å². The van der Waals surface area contributed by atoms with E-state index in [4.69, 9.17) is 4.42 Å². The Balaban J connectivity index is 1.59. The Bertz CT molecular complexity index is 1570. The monoisotopic (exact) mass is 453 g/mol.